The summed E-state index contributed by atoms with van der Waals surface area (Å²) in [4.78, 5) is 0. The number of allylic oxidation sites excluding steroid dienone is 1. The van der Waals surface area contributed by atoms with Gasteiger partial charge in [-0.25, -0.2) is 0 Å². The van der Waals surface area contributed by atoms with Gasteiger partial charge in [0.25, 0.3) is 0 Å². The van der Waals surface area contributed by atoms with E-state index >= 15 is 0 Å². The Hall–Kier alpha value is -0.160. The molecule has 80 valence electrons. The molecule has 0 aliphatic heterocycles. The molecule has 0 heterocycles. The molecule has 0 spiro atoms. The van der Waals surface area contributed by atoms with Crippen LogP contribution in [0, 0.1) is 0 Å². The molecular weight excluding hydrogens is 208 g/mol. The fourth-order valence-electron chi connectivity index (χ4n) is 0.711. The average molecular weight is 220 g/mol. The topological polar surface area (TPSA) is 27.7 Å². The third-order valence-electron chi connectivity index (χ3n) is 1.53. The van der Waals surface area contributed by atoms with Gasteiger partial charge in [-0.05, 0) is 0 Å². The summed E-state index contributed by atoms with van der Waals surface area (Å²) in [6.45, 7) is 0.743. The van der Waals surface area contributed by atoms with Crippen molar-refractivity contribution in [3.63, 3.8) is 0 Å². The van der Waals surface area contributed by atoms with Crippen molar-refractivity contribution in [2.75, 3.05) is 21.3 Å². The van der Waals surface area contributed by atoms with Crippen LogP contribution in [0.2, 0.25) is 0 Å². The van der Waals surface area contributed by atoms with E-state index in [9.17, 15) is 13.0 Å². The van der Waals surface area contributed by atoms with E-state index < -0.39 is 19.0 Å². The number of halogens is 3. The summed E-state index contributed by atoms with van der Waals surface area (Å²) in [5, 5.41) is 0. The molecule has 0 saturated heterocycles. The van der Waals surface area contributed by atoms with Gasteiger partial charge in [-0.3, -0.25) is 0 Å². The molecule has 0 amide bonds. The van der Waals surface area contributed by atoms with E-state index in [1.54, 1.807) is 0 Å². The van der Waals surface area contributed by atoms with Crippen molar-refractivity contribution in [2.24, 2.45) is 0 Å². The molecule has 0 aromatic carbocycles. The molecule has 0 aliphatic carbocycles. The zero-order valence-corrected chi connectivity index (χ0v) is 8.70. The second-order valence-corrected chi connectivity index (χ2v) is 5.23. The van der Waals surface area contributed by atoms with E-state index in [1.807, 2.05) is 0 Å². The summed E-state index contributed by atoms with van der Waals surface area (Å²) in [6, 6.07) is 0. The fourth-order valence-corrected chi connectivity index (χ4v) is 2.13. The maximum atomic E-state index is 13.8. The average Bonchev–Trinajstić information content (AvgIpc) is 2.16. The van der Waals surface area contributed by atoms with Gasteiger partial charge in [-0.1, -0.05) is 0 Å². The van der Waals surface area contributed by atoms with Crippen molar-refractivity contribution < 1.29 is 26.5 Å². The van der Waals surface area contributed by atoms with Crippen molar-refractivity contribution in [1.82, 2.24) is 0 Å². The van der Waals surface area contributed by atoms with Gasteiger partial charge < -0.3 is 0 Å². The Morgan fingerprint density at radius 3 is 1.38 bits per heavy atom. The summed E-state index contributed by atoms with van der Waals surface area (Å²) >= 11 is 0. The molecule has 0 fully saturated rings. The van der Waals surface area contributed by atoms with Crippen molar-refractivity contribution in [2.45, 2.75) is 6.92 Å². The Morgan fingerprint density at radius 2 is 1.31 bits per heavy atom. The van der Waals surface area contributed by atoms with Gasteiger partial charge in [0.05, 0.1) is 0 Å². The molecule has 0 unspecified atom stereocenters. The van der Waals surface area contributed by atoms with Crippen LogP contribution in [0.3, 0.4) is 0 Å². The molecule has 0 aliphatic rings. The van der Waals surface area contributed by atoms with Gasteiger partial charge in [0, 0.05) is 0 Å². The standard InChI is InChI=1S/C6H12F3O3P/c1-5(7)6(8)13(9,10-2,11-3)12-4/h1-4H3/b6-5-. The Labute approximate surface area is 74.8 Å². The summed E-state index contributed by atoms with van der Waals surface area (Å²) in [5.41, 5.74) is -1.78. The third-order valence-corrected chi connectivity index (χ3v) is 4.32. The Bertz CT molecular complexity index is 212. The molecule has 0 N–H and O–H groups in total. The molecule has 0 saturated carbocycles. The molecule has 0 atom stereocenters. The molecule has 0 radical (unpaired) electrons. The van der Waals surface area contributed by atoms with E-state index in [-0.39, 0.29) is 0 Å². The van der Waals surface area contributed by atoms with Crippen molar-refractivity contribution in [3.8, 4) is 0 Å². The number of rotatable bonds is 4. The van der Waals surface area contributed by atoms with Crippen LogP contribution in [0.15, 0.2) is 11.4 Å². The molecule has 0 aromatic heterocycles. The van der Waals surface area contributed by atoms with Gasteiger partial charge >= 0.3 is 73.8 Å². The van der Waals surface area contributed by atoms with E-state index in [1.165, 1.54) is 0 Å². The summed E-state index contributed by atoms with van der Waals surface area (Å²) in [7, 11) is -3.00. The van der Waals surface area contributed by atoms with Crippen LogP contribution in [-0.4, -0.2) is 21.3 Å². The third kappa shape index (κ3) is 2.02. The van der Waals surface area contributed by atoms with Gasteiger partial charge in [0.1, 0.15) is 0 Å². The molecule has 0 bridgehead atoms. The van der Waals surface area contributed by atoms with Crippen LogP contribution in [-0.2, 0) is 13.6 Å². The monoisotopic (exact) mass is 220 g/mol. The minimum absolute atomic E-state index is 0.743. The first-order valence-corrected chi connectivity index (χ1v) is 5.17. The van der Waals surface area contributed by atoms with E-state index in [2.05, 4.69) is 13.6 Å². The zero-order valence-electron chi connectivity index (χ0n) is 7.81. The van der Waals surface area contributed by atoms with Crippen molar-refractivity contribution in [1.29, 1.82) is 0 Å². The van der Waals surface area contributed by atoms with E-state index in [0.29, 0.717) is 0 Å². The Morgan fingerprint density at radius 1 is 1.00 bits per heavy atom. The molecule has 7 heteroatoms. The van der Waals surface area contributed by atoms with Gasteiger partial charge in [0.15, 0.2) is 0 Å². The van der Waals surface area contributed by atoms with Crippen LogP contribution in [0.5, 0.6) is 0 Å². The summed E-state index contributed by atoms with van der Waals surface area (Å²) < 4.78 is 51.9. The predicted molar refractivity (Wildman–Crippen MR) is 44.0 cm³/mol. The number of hydrogen-bond acceptors (Lipinski definition) is 3. The van der Waals surface area contributed by atoms with Crippen LogP contribution in [0.1, 0.15) is 6.92 Å². The van der Waals surface area contributed by atoms with Gasteiger partial charge in [0.2, 0.25) is 0 Å². The summed E-state index contributed by atoms with van der Waals surface area (Å²) in [6.07, 6.45) is 0. The van der Waals surface area contributed by atoms with Crippen LogP contribution < -0.4 is 0 Å². The Kier molecular flexibility index (Phi) is 3.87. The van der Waals surface area contributed by atoms with Crippen LogP contribution >= 0.6 is 7.59 Å². The molecule has 0 aromatic rings. The molecule has 0 rings (SSSR count). The predicted octanol–water partition coefficient (Wildman–Crippen LogP) is 3.24. The van der Waals surface area contributed by atoms with Crippen molar-refractivity contribution in [3.05, 3.63) is 11.4 Å². The second kappa shape index (κ2) is 3.92. The summed E-state index contributed by atoms with van der Waals surface area (Å²) in [5.74, 6) is -1.37. The van der Waals surface area contributed by atoms with E-state index in [4.69, 9.17) is 0 Å². The Balaban J connectivity index is 5.37. The normalized spacial score (nSPS) is 17.6. The first kappa shape index (κ1) is 12.8. The SMILES string of the molecule is COP(F)(OC)(OC)/C(F)=C(/C)F. The maximum absolute atomic E-state index is 13.8. The van der Waals surface area contributed by atoms with Gasteiger partial charge in [-0.2, -0.15) is 0 Å². The molecule has 3 nitrogen and oxygen atoms in total. The van der Waals surface area contributed by atoms with E-state index in [0.717, 1.165) is 28.3 Å². The van der Waals surface area contributed by atoms with Crippen molar-refractivity contribution >= 4 is 7.59 Å². The van der Waals surface area contributed by atoms with Crippen LogP contribution in [0.25, 0.3) is 0 Å². The number of hydrogen-bond donors (Lipinski definition) is 0. The molecule has 13 heavy (non-hydrogen) atoms. The fraction of sp³-hybridized carbons (Fsp3) is 0.667. The van der Waals surface area contributed by atoms with Gasteiger partial charge in [-0.15, -0.1) is 0 Å². The quantitative estimate of drug-likeness (QED) is 0.680. The molecular formula is C6H12F3O3P. The van der Waals surface area contributed by atoms with Crippen LogP contribution in [0.4, 0.5) is 13.0 Å². The zero-order chi connectivity index (χ0) is 10.7. The first-order chi connectivity index (χ1) is 5.84. The minimum atomic E-state index is -5.52. The second-order valence-electron chi connectivity index (χ2n) is 2.16. The first-order valence-electron chi connectivity index (χ1n) is 3.29.